The molecule has 0 spiro atoms. The number of nitrogens with one attached hydrogen (secondary N) is 1. The molecule has 4 nitrogen and oxygen atoms in total. The fraction of sp³-hybridized carbons (Fsp3) is 0.538. The van der Waals surface area contributed by atoms with Gasteiger partial charge in [0.1, 0.15) is 10.8 Å². The van der Waals surface area contributed by atoms with E-state index in [9.17, 15) is 0 Å². The average Bonchev–Trinajstić information content (AvgIpc) is 2.82. The van der Waals surface area contributed by atoms with E-state index >= 15 is 0 Å². The molecule has 3 N–H and O–H groups in total. The van der Waals surface area contributed by atoms with E-state index in [0.29, 0.717) is 10.9 Å². The normalized spacial score (nSPS) is 18.8. The molecule has 98 valence electrons. The van der Waals surface area contributed by atoms with Gasteiger partial charge in [-0.05, 0) is 37.8 Å². The molecule has 1 aliphatic rings. The molecular weight excluding hydrogens is 246 g/mol. The summed E-state index contributed by atoms with van der Waals surface area (Å²) in [5, 5.41) is 3.33. The minimum Gasteiger partial charge on any atom is -0.389 e. The Labute approximate surface area is 113 Å². The molecule has 1 saturated heterocycles. The molecule has 0 saturated carbocycles. The van der Waals surface area contributed by atoms with E-state index in [1.807, 2.05) is 19.1 Å². The van der Waals surface area contributed by atoms with Gasteiger partial charge in [0.25, 0.3) is 0 Å². The molecule has 0 aliphatic carbocycles. The second kappa shape index (κ2) is 6.11. The Morgan fingerprint density at radius 2 is 2.44 bits per heavy atom. The van der Waals surface area contributed by atoms with Crippen LogP contribution < -0.4 is 11.1 Å². The highest BCUT2D eigenvalue weighted by molar-refractivity contribution is 7.80. The summed E-state index contributed by atoms with van der Waals surface area (Å²) in [6.45, 7) is 4.61. The Hall–Kier alpha value is -1.20. The molecule has 1 aromatic rings. The minimum atomic E-state index is 0.384. The maximum absolute atomic E-state index is 5.69. The van der Waals surface area contributed by atoms with Crippen molar-refractivity contribution in [2.24, 2.45) is 11.7 Å². The van der Waals surface area contributed by atoms with Crippen LogP contribution in [0, 0.1) is 12.8 Å². The Morgan fingerprint density at radius 1 is 1.61 bits per heavy atom. The molecular formula is C13H19N3OS. The smallest absolute Gasteiger partial charge is 0.136 e. The quantitative estimate of drug-likeness (QED) is 0.796. The lowest BCUT2D eigenvalue weighted by Gasteiger charge is -2.12. The fourth-order valence-electron chi connectivity index (χ4n) is 2.10. The summed E-state index contributed by atoms with van der Waals surface area (Å²) in [6, 6.07) is 3.84. The number of hydrogen-bond acceptors (Lipinski definition) is 4. The van der Waals surface area contributed by atoms with Crippen molar-refractivity contribution >= 4 is 23.0 Å². The molecule has 0 bridgehead atoms. The number of pyridine rings is 1. The Balaban J connectivity index is 1.94. The van der Waals surface area contributed by atoms with Crippen molar-refractivity contribution in [1.82, 2.24) is 4.98 Å². The molecule has 0 radical (unpaired) electrons. The predicted molar refractivity (Wildman–Crippen MR) is 76.9 cm³/mol. The first-order chi connectivity index (χ1) is 8.66. The van der Waals surface area contributed by atoms with Crippen molar-refractivity contribution in [3.05, 3.63) is 23.4 Å². The number of rotatable bonds is 5. The Kier molecular flexibility index (Phi) is 4.49. The van der Waals surface area contributed by atoms with Gasteiger partial charge in [-0.3, -0.25) is 0 Å². The summed E-state index contributed by atoms with van der Waals surface area (Å²) in [4.78, 5) is 4.83. The number of aromatic nitrogens is 1. The van der Waals surface area contributed by atoms with Crippen LogP contribution in [0.5, 0.6) is 0 Å². The third-order valence-electron chi connectivity index (χ3n) is 3.17. The highest BCUT2D eigenvalue weighted by Crippen LogP contribution is 2.18. The van der Waals surface area contributed by atoms with E-state index in [-0.39, 0.29) is 0 Å². The van der Waals surface area contributed by atoms with Crippen LogP contribution in [0.25, 0.3) is 0 Å². The van der Waals surface area contributed by atoms with Crippen molar-refractivity contribution < 1.29 is 4.74 Å². The van der Waals surface area contributed by atoms with E-state index in [2.05, 4.69) is 10.3 Å². The molecule has 1 atom stereocenters. The zero-order chi connectivity index (χ0) is 13.0. The topological polar surface area (TPSA) is 60.2 Å². The van der Waals surface area contributed by atoms with Gasteiger partial charge >= 0.3 is 0 Å². The standard InChI is InChI=1S/C13H19N3OS/c1-9-2-3-11(12(14)18)13(16-9)15-6-4-10-5-7-17-8-10/h2-3,10H,4-8H2,1H3,(H2,14,18)(H,15,16). The van der Waals surface area contributed by atoms with Gasteiger partial charge in [-0.25, -0.2) is 4.98 Å². The van der Waals surface area contributed by atoms with E-state index in [1.54, 1.807) is 0 Å². The van der Waals surface area contributed by atoms with Gasteiger partial charge in [0.15, 0.2) is 0 Å². The number of hydrogen-bond donors (Lipinski definition) is 2. The Morgan fingerprint density at radius 3 is 3.11 bits per heavy atom. The molecule has 0 aromatic carbocycles. The average molecular weight is 265 g/mol. The van der Waals surface area contributed by atoms with Gasteiger partial charge in [0.05, 0.1) is 5.56 Å². The van der Waals surface area contributed by atoms with Crippen molar-refractivity contribution in [3.63, 3.8) is 0 Å². The highest BCUT2D eigenvalue weighted by Gasteiger charge is 2.15. The summed E-state index contributed by atoms with van der Waals surface area (Å²) < 4.78 is 5.36. The summed E-state index contributed by atoms with van der Waals surface area (Å²) >= 11 is 5.03. The van der Waals surface area contributed by atoms with Gasteiger partial charge in [0, 0.05) is 25.5 Å². The lowest BCUT2D eigenvalue weighted by molar-refractivity contribution is 0.185. The first kappa shape index (κ1) is 13.2. The number of aryl methyl sites for hydroxylation is 1. The van der Waals surface area contributed by atoms with Gasteiger partial charge < -0.3 is 15.8 Å². The second-order valence-corrected chi connectivity index (χ2v) is 5.10. The van der Waals surface area contributed by atoms with Crippen LogP contribution >= 0.6 is 12.2 Å². The number of anilines is 1. The molecule has 1 unspecified atom stereocenters. The predicted octanol–water partition coefficient (Wildman–Crippen LogP) is 1.86. The summed E-state index contributed by atoms with van der Waals surface area (Å²) in [7, 11) is 0. The van der Waals surface area contributed by atoms with Gasteiger partial charge in [0.2, 0.25) is 0 Å². The van der Waals surface area contributed by atoms with Crippen LogP contribution in [0.2, 0.25) is 0 Å². The summed E-state index contributed by atoms with van der Waals surface area (Å²) in [5.74, 6) is 1.46. The van der Waals surface area contributed by atoms with Crippen molar-refractivity contribution in [2.75, 3.05) is 25.1 Å². The zero-order valence-corrected chi connectivity index (χ0v) is 11.4. The SMILES string of the molecule is Cc1ccc(C(N)=S)c(NCCC2CCOC2)n1. The fourth-order valence-corrected chi connectivity index (χ4v) is 2.26. The molecule has 1 aliphatic heterocycles. The van der Waals surface area contributed by atoms with E-state index in [4.69, 9.17) is 22.7 Å². The number of nitrogens with zero attached hydrogens (tertiary/aromatic N) is 1. The second-order valence-electron chi connectivity index (χ2n) is 4.66. The molecule has 5 heteroatoms. The minimum absolute atomic E-state index is 0.384. The number of thiocarbonyl (C=S) groups is 1. The third kappa shape index (κ3) is 3.40. The zero-order valence-electron chi connectivity index (χ0n) is 10.6. The summed E-state index contributed by atoms with van der Waals surface area (Å²) in [6.07, 6.45) is 2.25. The lowest BCUT2D eigenvalue weighted by atomic mass is 10.1. The molecule has 18 heavy (non-hydrogen) atoms. The van der Waals surface area contributed by atoms with E-state index in [1.165, 1.54) is 0 Å². The van der Waals surface area contributed by atoms with E-state index in [0.717, 1.165) is 49.7 Å². The molecule has 1 fully saturated rings. The summed E-state index contributed by atoms with van der Waals surface area (Å²) in [5.41, 5.74) is 7.47. The maximum Gasteiger partial charge on any atom is 0.136 e. The monoisotopic (exact) mass is 265 g/mol. The van der Waals surface area contributed by atoms with Crippen LogP contribution in [-0.4, -0.2) is 29.7 Å². The first-order valence-corrected chi connectivity index (χ1v) is 6.66. The van der Waals surface area contributed by atoms with Gasteiger partial charge in [-0.2, -0.15) is 0 Å². The largest absolute Gasteiger partial charge is 0.389 e. The van der Waals surface area contributed by atoms with Crippen LogP contribution in [0.4, 0.5) is 5.82 Å². The molecule has 0 amide bonds. The maximum atomic E-state index is 5.69. The lowest BCUT2D eigenvalue weighted by Crippen LogP contribution is -2.16. The van der Waals surface area contributed by atoms with Gasteiger partial charge in [-0.15, -0.1) is 0 Å². The van der Waals surface area contributed by atoms with E-state index < -0.39 is 0 Å². The van der Waals surface area contributed by atoms with Crippen LogP contribution in [-0.2, 0) is 4.74 Å². The number of nitrogens with two attached hydrogens (primary N) is 1. The van der Waals surface area contributed by atoms with Crippen molar-refractivity contribution in [1.29, 1.82) is 0 Å². The van der Waals surface area contributed by atoms with Crippen LogP contribution in [0.3, 0.4) is 0 Å². The van der Waals surface area contributed by atoms with Crippen LogP contribution in [0.15, 0.2) is 12.1 Å². The highest BCUT2D eigenvalue weighted by atomic mass is 32.1. The molecule has 1 aromatic heterocycles. The Bertz CT molecular complexity index is 430. The van der Waals surface area contributed by atoms with Crippen LogP contribution in [0.1, 0.15) is 24.1 Å². The molecule has 2 heterocycles. The van der Waals surface area contributed by atoms with Gasteiger partial charge in [-0.1, -0.05) is 12.2 Å². The molecule has 2 rings (SSSR count). The first-order valence-electron chi connectivity index (χ1n) is 6.26. The van der Waals surface area contributed by atoms with Crippen molar-refractivity contribution in [2.45, 2.75) is 19.8 Å². The third-order valence-corrected chi connectivity index (χ3v) is 3.39. The number of ether oxygens (including phenoxy) is 1. The van der Waals surface area contributed by atoms with Crippen molar-refractivity contribution in [3.8, 4) is 0 Å².